The first kappa shape index (κ1) is 13.5. The molecule has 0 unspecified atom stereocenters. The van der Waals surface area contributed by atoms with E-state index in [9.17, 15) is 18.3 Å². The van der Waals surface area contributed by atoms with E-state index in [0.717, 1.165) is 18.2 Å². The van der Waals surface area contributed by atoms with Gasteiger partial charge in [-0.25, -0.2) is 17.9 Å². The summed E-state index contributed by atoms with van der Waals surface area (Å²) in [5, 5.41) is 18.0. The van der Waals surface area contributed by atoms with E-state index in [2.05, 4.69) is 4.72 Å². The summed E-state index contributed by atoms with van der Waals surface area (Å²) in [6.45, 7) is 3.30. The number of nitrogens with one attached hydrogen (secondary N) is 1. The molecular formula is C10H13NO5S. The van der Waals surface area contributed by atoms with Crippen molar-refractivity contribution in [2.24, 2.45) is 0 Å². The Morgan fingerprint density at radius 1 is 1.35 bits per heavy atom. The first-order valence-electron chi connectivity index (χ1n) is 4.82. The Morgan fingerprint density at radius 3 is 2.41 bits per heavy atom. The van der Waals surface area contributed by atoms with Crippen molar-refractivity contribution < 1.29 is 23.4 Å². The molecule has 0 spiro atoms. The number of hydrogen-bond donors (Lipinski definition) is 3. The van der Waals surface area contributed by atoms with Crippen LogP contribution in [0.1, 0.15) is 24.2 Å². The molecule has 0 aliphatic carbocycles. The van der Waals surface area contributed by atoms with Crippen molar-refractivity contribution in [3.05, 3.63) is 23.8 Å². The fourth-order valence-corrected chi connectivity index (χ4v) is 2.51. The number of carbonyl (C=O) groups is 1. The van der Waals surface area contributed by atoms with Gasteiger partial charge >= 0.3 is 5.97 Å². The number of hydrogen-bond acceptors (Lipinski definition) is 4. The van der Waals surface area contributed by atoms with E-state index >= 15 is 0 Å². The van der Waals surface area contributed by atoms with Gasteiger partial charge in [-0.1, -0.05) is 0 Å². The van der Waals surface area contributed by atoms with E-state index in [1.54, 1.807) is 13.8 Å². The Morgan fingerprint density at radius 2 is 1.94 bits per heavy atom. The van der Waals surface area contributed by atoms with Crippen molar-refractivity contribution in [1.29, 1.82) is 0 Å². The van der Waals surface area contributed by atoms with Gasteiger partial charge in [0.25, 0.3) is 0 Å². The highest BCUT2D eigenvalue weighted by atomic mass is 32.2. The third kappa shape index (κ3) is 3.18. The highest BCUT2D eigenvalue weighted by molar-refractivity contribution is 7.89. The van der Waals surface area contributed by atoms with Gasteiger partial charge in [0.15, 0.2) is 0 Å². The molecule has 17 heavy (non-hydrogen) atoms. The molecule has 1 rings (SSSR count). The van der Waals surface area contributed by atoms with Crippen LogP contribution in [-0.2, 0) is 10.0 Å². The molecule has 1 aromatic carbocycles. The number of benzene rings is 1. The summed E-state index contributed by atoms with van der Waals surface area (Å²) in [4.78, 5) is 10.6. The normalized spacial score (nSPS) is 11.7. The molecule has 0 bridgehead atoms. The van der Waals surface area contributed by atoms with Gasteiger partial charge < -0.3 is 10.2 Å². The Bertz CT molecular complexity index is 536. The molecule has 1 aromatic rings. The quantitative estimate of drug-likeness (QED) is 0.741. The lowest BCUT2D eigenvalue weighted by molar-refractivity contribution is 0.0693. The van der Waals surface area contributed by atoms with E-state index in [1.165, 1.54) is 0 Å². The molecule has 7 heteroatoms. The average Bonchev–Trinajstić information content (AvgIpc) is 2.15. The summed E-state index contributed by atoms with van der Waals surface area (Å²) in [6, 6.07) is 2.80. The minimum atomic E-state index is -3.76. The molecule has 0 aliphatic rings. The van der Waals surface area contributed by atoms with Crippen molar-refractivity contribution in [3.8, 4) is 5.75 Å². The summed E-state index contributed by atoms with van der Waals surface area (Å²) in [6.07, 6.45) is 0. The summed E-state index contributed by atoms with van der Waals surface area (Å²) in [5.41, 5.74) is -0.448. The predicted octanol–water partition coefficient (Wildman–Crippen LogP) is 0.777. The highest BCUT2D eigenvalue weighted by Gasteiger charge is 2.19. The molecule has 0 aromatic heterocycles. The molecule has 0 heterocycles. The molecule has 3 N–H and O–H groups in total. The number of carboxylic acid groups (broad SMARTS) is 1. The van der Waals surface area contributed by atoms with Crippen LogP contribution in [0.25, 0.3) is 0 Å². The second kappa shape index (κ2) is 4.72. The summed E-state index contributed by atoms with van der Waals surface area (Å²) >= 11 is 0. The zero-order valence-electron chi connectivity index (χ0n) is 9.34. The van der Waals surface area contributed by atoms with Gasteiger partial charge in [-0.3, -0.25) is 0 Å². The van der Waals surface area contributed by atoms with E-state index in [-0.39, 0.29) is 10.9 Å². The number of rotatable bonds is 4. The Balaban J connectivity index is 3.25. The fourth-order valence-electron chi connectivity index (χ4n) is 1.23. The lowest BCUT2D eigenvalue weighted by Gasteiger charge is -2.10. The lowest BCUT2D eigenvalue weighted by Crippen LogP contribution is -2.30. The van der Waals surface area contributed by atoms with Crippen molar-refractivity contribution in [2.45, 2.75) is 24.8 Å². The Hall–Kier alpha value is -1.60. The van der Waals surface area contributed by atoms with Crippen LogP contribution in [-0.4, -0.2) is 30.6 Å². The molecular weight excluding hydrogens is 246 g/mol. The minimum absolute atomic E-state index is 0.193. The first-order chi connectivity index (χ1) is 7.74. The van der Waals surface area contributed by atoms with Crippen LogP contribution in [0, 0.1) is 0 Å². The van der Waals surface area contributed by atoms with Gasteiger partial charge in [-0.2, -0.15) is 0 Å². The van der Waals surface area contributed by atoms with Crippen LogP contribution < -0.4 is 4.72 Å². The van der Waals surface area contributed by atoms with Gasteiger partial charge in [0.05, 0.1) is 4.90 Å². The van der Waals surface area contributed by atoms with Crippen molar-refractivity contribution in [3.63, 3.8) is 0 Å². The van der Waals surface area contributed by atoms with Crippen LogP contribution in [0.2, 0.25) is 0 Å². The maximum absolute atomic E-state index is 11.7. The smallest absolute Gasteiger partial charge is 0.339 e. The molecule has 0 saturated carbocycles. The molecule has 0 radical (unpaired) electrons. The van der Waals surface area contributed by atoms with Gasteiger partial charge in [0.2, 0.25) is 10.0 Å². The number of aromatic hydroxyl groups is 1. The molecule has 0 saturated heterocycles. The topological polar surface area (TPSA) is 104 Å². The second-order valence-corrected chi connectivity index (χ2v) is 5.47. The molecule has 94 valence electrons. The minimum Gasteiger partial charge on any atom is -0.507 e. The standard InChI is InChI=1S/C10H13NO5S/c1-6(2)11-17(15,16)7-3-4-9(12)8(5-7)10(13)14/h3-6,11-12H,1-2H3,(H,13,14). The number of sulfonamides is 1. The van der Waals surface area contributed by atoms with Gasteiger partial charge in [-0.05, 0) is 32.0 Å². The fraction of sp³-hybridized carbons (Fsp3) is 0.300. The Kier molecular flexibility index (Phi) is 3.74. The van der Waals surface area contributed by atoms with Gasteiger partial charge in [-0.15, -0.1) is 0 Å². The number of phenols is 1. The second-order valence-electron chi connectivity index (χ2n) is 3.76. The van der Waals surface area contributed by atoms with E-state index in [1.807, 2.05) is 0 Å². The molecule has 0 amide bonds. The monoisotopic (exact) mass is 259 g/mol. The third-order valence-electron chi connectivity index (χ3n) is 1.90. The maximum atomic E-state index is 11.7. The van der Waals surface area contributed by atoms with Crippen LogP contribution in [0.15, 0.2) is 23.1 Å². The average molecular weight is 259 g/mol. The summed E-state index contributed by atoms with van der Waals surface area (Å²) in [7, 11) is -3.76. The van der Waals surface area contributed by atoms with Crippen molar-refractivity contribution in [2.75, 3.05) is 0 Å². The SMILES string of the molecule is CC(C)NS(=O)(=O)c1ccc(O)c(C(=O)O)c1. The van der Waals surface area contributed by atoms with Gasteiger partial charge in [0.1, 0.15) is 11.3 Å². The van der Waals surface area contributed by atoms with Gasteiger partial charge in [0, 0.05) is 6.04 Å². The summed E-state index contributed by atoms with van der Waals surface area (Å²) < 4.78 is 25.8. The lowest BCUT2D eigenvalue weighted by atomic mass is 10.2. The highest BCUT2D eigenvalue weighted by Crippen LogP contribution is 2.21. The molecule has 0 atom stereocenters. The van der Waals surface area contributed by atoms with Crippen molar-refractivity contribution in [1.82, 2.24) is 4.72 Å². The van der Waals surface area contributed by atoms with Crippen LogP contribution >= 0.6 is 0 Å². The van der Waals surface area contributed by atoms with E-state index < -0.39 is 27.3 Å². The zero-order chi connectivity index (χ0) is 13.2. The zero-order valence-corrected chi connectivity index (χ0v) is 10.2. The largest absolute Gasteiger partial charge is 0.507 e. The van der Waals surface area contributed by atoms with E-state index in [4.69, 9.17) is 5.11 Å². The third-order valence-corrected chi connectivity index (χ3v) is 3.56. The molecule has 0 aliphatic heterocycles. The molecule has 6 nitrogen and oxygen atoms in total. The Labute approximate surface area is 99.0 Å². The van der Waals surface area contributed by atoms with Crippen LogP contribution in [0.5, 0.6) is 5.75 Å². The summed E-state index contributed by atoms with van der Waals surface area (Å²) in [5.74, 6) is -1.86. The van der Waals surface area contributed by atoms with Crippen LogP contribution in [0.3, 0.4) is 0 Å². The first-order valence-corrected chi connectivity index (χ1v) is 6.31. The van der Waals surface area contributed by atoms with Crippen LogP contribution in [0.4, 0.5) is 0 Å². The van der Waals surface area contributed by atoms with E-state index in [0.29, 0.717) is 0 Å². The maximum Gasteiger partial charge on any atom is 0.339 e. The van der Waals surface area contributed by atoms with Crippen molar-refractivity contribution >= 4 is 16.0 Å². The number of aromatic carboxylic acids is 1. The molecule has 0 fully saturated rings. The number of carboxylic acids is 1. The predicted molar refractivity (Wildman–Crippen MR) is 60.5 cm³/mol.